The molecule has 1 aromatic carbocycles. The molecule has 1 aromatic rings. The molecule has 0 bridgehead atoms. The van der Waals surface area contributed by atoms with Crippen molar-refractivity contribution in [2.45, 2.75) is 39.2 Å². The number of piperidine rings is 1. The van der Waals surface area contributed by atoms with E-state index >= 15 is 0 Å². The molecule has 0 spiro atoms. The van der Waals surface area contributed by atoms with Crippen molar-refractivity contribution in [1.82, 2.24) is 4.90 Å². The summed E-state index contributed by atoms with van der Waals surface area (Å²) in [6, 6.07) is 8.83. The van der Waals surface area contributed by atoms with Crippen molar-refractivity contribution >= 4 is 5.91 Å². The van der Waals surface area contributed by atoms with Gasteiger partial charge in [0.15, 0.2) is 0 Å². The van der Waals surface area contributed by atoms with Crippen molar-refractivity contribution in [2.24, 2.45) is 5.92 Å². The summed E-state index contributed by atoms with van der Waals surface area (Å²) < 4.78 is 0. The molecule has 3 nitrogen and oxygen atoms in total. The molecule has 2 heterocycles. The van der Waals surface area contributed by atoms with Gasteiger partial charge in [0, 0.05) is 18.7 Å². The highest BCUT2D eigenvalue weighted by Crippen LogP contribution is 2.16. The van der Waals surface area contributed by atoms with Gasteiger partial charge in [0.2, 0.25) is 5.91 Å². The Morgan fingerprint density at radius 3 is 2.62 bits per heavy atom. The number of quaternary nitrogens is 1. The van der Waals surface area contributed by atoms with Crippen LogP contribution in [0.1, 0.15) is 36.8 Å². The highest BCUT2D eigenvalue weighted by molar-refractivity contribution is 5.79. The number of hydrogen-bond donors (Lipinski definition) is 1. The van der Waals surface area contributed by atoms with E-state index in [1.807, 2.05) is 0 Å². The second-order valence-corrected chi connectivity index (χ2v) is 6.74. The molecule has 2 saturated heterocycles. The van der Waals surface area contributed by atoms with Crippen LogP contribution < -0.4 is 4.90 Å². The van der Waals surface area contributed by atoms with Crippen molar-refractivity contribution in [1.29, 1.82) is 0 Å². The number of rotatable bonds is 3. The smallest absolute Gasteiger partial charge is 0.231 e. The van der Waals surface area contributed by atoms with E-state index < -0.39 is 0 Å². The molecule has 2 aliphatic rings. The Morgan fingerprint density at radius 1 is 1.19 bits per heavy atom. The SMILES string of the molecule is Cc1ccc(C[NH+]2CCC[C@H](C(=O)N3CCCC3)C2)cc1. The van der Waals surface area contributed by atoms with E-state index in [0.717, 1.165) is 32.6 Å². The summed E-state index contributed by atoms with van der Waals surface area (Å²) in [5.74, 6) is 0.686. The molecule has 2 aliphatic heterocycles. The first kappa shape index (κ1) is 14.6. The molecule has 0 aliphatic carbocycles. The van der Waals surface area contributed by atoms with E-state index in [2.05, 4.69) is 36.1 Å². The van der Waals surface area contributed by atoms with Gasteiger partial charge in [-0.2, -0.15) is 0 Å². The van der Waals surface area contributed by atoms with Gasteiger partial charge in [0.05, 0.1) is 19.0 Å². The minimum absolute atomic E-state index is 0.261. The van der Waals surface area contributed by atoms with Gasteiger partial charge in [-0.25, -0.2) is 0 Å². The van der Waals surface area contributed by atoms with Crippen molar-refractivity contribution in [2.75, 3.05) is 26.2 Å². The summed E-state index contributed by atoms with van der Waals surface area (Å²) in [6.07, 6.45) is 4.66. The first-order valence-electron chi connectivity index (χ1n) is 8.40. The summed E-state index contributed by atoms with van der Waals surface area (Å²) in [4.78, 5) is 16.2. The largest absolute Gasteiger partial charge is 0.342 e. The molecule has 21 heavy (non-hydrogen) atoms. The number of nitrogens with one attached hydrogen (secondary N) is 1. The van der Waals surface area contributed by atoms with Crippen LogP contribution in [0, 0.1) is 12.8 Å². The third-order valence-corrected chi connectivity index (χ3v) is 4.96. The Kier molecular flexibility index (Phi) is 4.59. The van der Waals surface area contributed by atoms with Crippen LogP contribution in [-0.2, 0) is 11.3 Å². The van der Waals surface area contributed by atoms with Crippen LogP contribution in [0.25, 0.3) is 0 Å². The van der Waals surface area contributed by atoms with Crippen LogP contribution in [0.2, 0.25) is 0 Å². The van der Waals surface area contributed by atoms with Gasteiger partial charge in [-0.3, -0.25) is 4.79 Å². The molecule has 2 atom stereocenters. The maximum Gasteiger partial charge on any atom is 0.231 e. The van der Waals surface area contributed by atoms with Crippen LogP contribution in [0.4, 0.5) is 0 Å². The van der Waals surface area contributed by atoms with Gasteiger partial charge < -0.3 is 9.80 Å². The predicted octanol–water partition coefficient (Wildman–Crippen LogP) is 1.41. The number of hydrogen-bond acceptors (Lipinski definition) is 1. The topological polar surface area (TPSA) is 24.8 Å². The molecule has 0 radical (unpaired) electrons. The molecule has 0 aromatic heterocycles. The van der Waals surface area contributed by atoms with Gasteiger partial charge in [0.1, 0.15) is 6.54 Å². The monoisotopic (exact) mass is 287 g/mol. The Labute approximate surface area is 127 Å². The van der Waals surface area contributed by atoms with Crippen LogP contribution in [-0.4, -0.2) is 37.0 Å². The predicted molar refractivity (Wildman–Crippen MR) is 84.1 cm³/mol. The average molecular weight is 287 g/mol. The zero-order valence-electron chi connectivity index (χ0n) is 13.1. The maximum absolute atomic E-state index is 12.6. The fourth-order valence-electron chi connectivity index (χ4n) is 3.71. The second kappa shape index (κ2) is 6.61. The molecule has 3 heteroatoms. The Hall–Kier alpha value is -1.35. The first-order chi connectivity index (χ1) is 10.2. The van der Waals surface area contributed by atoms with Crippen molar-refractivity contribution < 1.29 is 9.69 Å². The lowest BCUT2D eigenvalue weighted by molar-refractivity contribution is -0.921. The molecular formula is C18H27N2O+. The first-order valence-corrected chi connectivity index (χ1v) is 8.40. The summed E-state index contributed by atoms with van der Waals surface area (Å²) in [6.45, 7) is 7.39. The van der Waals surface area contributed by atoms with E-state index in [4.69, 9.17) is 0 Å². The van der Waals surface area contributed by atoms with Crippen LogP contribution in [0.15, 0.2) is 24.3 Å². The summed E-state index contributed by atoms with van der Waals surface area (Å²) in [7, 11) is 0. The highest BCUT2D eigenvalue weighted by atomic mass is 16.2. The number of carbonyl (C=O) groups excluding carboxylic acids is 1. The lowest BCUT2D eigenvalue weighted by Crippen LogP contribution is -3.12. The normalized spacial score (nSPS) is 26.0. The van der Waals surface area contributed by atoms with E-state index in [-0.39, 0.29) is 5.92 Å². The number of likely N-dealkylation sites (tertiary alicyclic amines) is 2. The average Bonchev–Trinajstić information content (AvgIpc) is 3.03. The molecular weight excluding hydrogens is 260 g/mol. The summed E-state index contributed by atoms with van der Waals surface area (Å²) in [5, 5.41) is 0. The van der Waals surface area contributed by atoms with Crippen molar-refractivity contribution in [3.8, 4) is 0 Å². The third kappa shape index (κ3) is 3.65. The fourth-order valence-corrected chi connectivity index (χ4v) is 3.71. The summed E-state index contributed by atoms with van der Waals surface area (Å²) >= 11 is 0. The van der Waals surface area contributed by atoms with E-state index in [0.29, 0.717) is 5.91 Å². The maximum atomic E-state index is 12.6. The van der Waals surface area contributed by atoms with E-state index in [1.165, 1.54) is 36.9 Å². The number of amides is 1. The van der Waals surface area contributed by atoms with Gasteiger partial charge in [-0.05, 0) is 32.6 Å². The standard InChI is InChI=1S/C18H26N2O/c1-15-6-8-16(9-7-15)13-19-10-4-5-17(14-19)18(21)20-11-2-3-12-20/h6-9,17H,2-5,10-14H2,1H3/p+1/t17-/m0/s1. The minimum atomic E-state index is 0.261. The van der Waals surface area contributed by atoms with Crippen LogP contribution >= 0.6 is 0 Å². The highest BCUT2D eigenvalue weighted by Gasteiger charge is 2.32. The minimum Gasteiger partial charge on any atom is -0.342 e. The van der Waals surface area contributed by atoms with Gasteiger partial charge in [-0.15, -0.1) is 0 Å². The number of carbonyl (C=O) groups is 1. The zero-order valence-corrected chi connectivity index (χ0v) is 13.1. The summed E-state index contributed by atoms with van der Waals surface area (Å²) in [5.41, 5.74) is 2.71. The quantitative estimate of drug-likeness (QED) is 0.893. The molecule has 114 valence electrons. The van der Waals surface area contributed by atoms with Gasteiger partial charge in [0.25, 0.3) is 0 Å². The fraction of sp³-hybridized carbons (Fsp3) is 0.611. The van der Waals surface area contributed by atoms with Gasteiger partial charge in [-0.1, -0.05) is 29.8 Å². The molecule has 1 N–H and O–H groups in total. The second-order valence-electron chi connectivity index (χ2n) is 6.74. The number of aryl methyl sites for hydroxylation is 1. The Bertz CT molecular complexity index is 476. The van der Waals surface area contributed by atoms with Crippen molar-refractivity contribution in [3.05, 3.63) is 35.4 Å². The number of nitrogens with zero attached hydrogens (tertiary/aromatic N) is 1. The molecule has 0 saturated carbocycles. The van der Waals surface area contributed by atoms with Gasteiger partial charge >= 0.3 is 0 Å². The Balaban J connectivity index is 1.57. The number of benzene rings is 1. The van der Waals surface area contributed by atoms with Crippen LogP contribution in [0.5, 0.6) is 0 Å². The lowest BCUT2D eigenvalue weighted by Gasteiger charge is -2.31. The Morgan fingerprint density at radius 2 is 1.90 bits per heavy atom. The molecule has 1 amide bonds. The van der Waals surface area contributed by atoms with Crippen molar-refractivity contribution in [3.63, 3.8) is 0 Å². The molecule has 1 unspecified atom stereocenters. The molecule has 3 rings (SSSR count). The lowest BCUT2D eigenvalue weighted by atomic mass is 9.96. The van der Waals surface area contributed by atoms with E-state index in [1.54, 1.807) is 4.90 Å². The van der Waals surface area contributed by atoms with Crippen LogP contribution in [0.3, 0.4) is 0 Å². The molecule has 2 fully saturated rings. The van der Waals surface area contributed by atoms with E-state index in [9.17, 15) is 4.79 Å². The zero-order chi connectivity index (χ0) is 14.7. The third-order valence-electron chi connectivity index (χ3n) is 4.96.